The molecule has 2 saturated heterocycles. The number of carbonyl (C=O) groups is 1. The number of para-hydroxylation sites is 1. The molecule has 206 valence electrons. The third-order valence-electron chi connectivity index (χ3n) is 7.92. The average Bonchev–Trinajstić information content (AvgIpc) is 3.28. The van der Waals surface area contributed by atoms with Gasteiger partial charge in [0.15, 0.2) is 0 Å². The van der Waals surface area contributed by atoms with Crippen LogP contribution in [0.1, 0.15) is 36.2 Å². The molecule has 1 amide bonds. The fourth-order valence-corrected chi connectivity index (χ4v) is 5.80. The van der Waals surface area contributed by atoms with Gasteiger partial charge in [-0.15, -0.1) is 0 Å². The summed E-state index contributed by atoms with van der Waals surface area (Å²) in [6, 6.07) is 19.5. The van der Waals surface area contributed by atoms with Gasteiger partial charge in [0.05, 0.1) is 10.6 Å². The molecule has 9 heteroatoms. The first-order chi connectivity index (χ1) is 19.4. The second-order valence-electron chi connectivity index (χ2n) is 10.4. The number of benzene rings is 2. The summed E-state index contributed by atoms with van der Waals surface area (Å²) in [4.78, 5) is 31.1. The average molecular weight is 539 g/mol. The van der Waals surface area contributed by atoms with E-state index in [1.807, 2.05) is 54.8 Å². The van der Waals surface area contributed by atoms with Crippen LogP contribution in [0.3, 0.4) is 0 Å². The van der Waals surface area contributed by atoms with Crippen LogP contribution >= 0.6 is 0 Å². The van der Waals surface area contributed by atoms with Crippen LogP contribution < -0.4 is 9.80 Å². The van der Waals surface area contributed by atoms with Gasteiger partial charge in [-0.3, -0.25) is 14.9 Å². The molecule has 0 aliphatic carbocycles. The fourth-order valence-electron chi connectivity index (χ4n) is 5.80. The molecule has 0 atom stereocenters. The number of nitro benzene ring substituents is 1. The smallest absolute Gasteiger partial charge is 0.294 e. The molecule has 9 nitrogen and oxygen atoms in total. The molecule has 0 unspecified atom stereocenters. The number of piperazine rings is 1. The van der Waals surface area contributed by atoms with Crippen molar-refractivity contribution in [2.75, 3.05) is 49.1 Å². The first-order valence-corrected chi connectivity index (χ1v) is 13.8. The number of piperidine rings is 1. The number of amides is 1. The normalized spacial score (nSPS) is 16.1. The molecule has 3 heterocycles. The van der Waals surface area contributed by atoms with Gasteiger partial charge in [-0.1, -0.05) is 18.2 Å². The minimum Gasteiger partial charge on any atom is -0.368 e. The Hall–Kier alpha value is -4.58. The summed E-state index contributed by atoms with van der Waals surface area (Å²) < 4.78 is 1.94. The van der Waals surface area contributed by atoms with Gasteiger partial charge in [-0.2, -0.15) is 5.26 Å². The molecule has 0 N–H and O–H groups in total. The van der Waals surface area contributed by atoms with Crippen LogP contribution in [0, 0.1) is 35.3 Å². The number of aryl methyl sites for hydroxylation is 1. The topological polar surface area (TPSA) is 98.7 Å². The third-order valence-corrected chi connectivity index (χ3v) is 7.92. The minimum atomic E-state index is -0.313. The van der Waals surface area contributed by atoms with Gasteiger partial charge in [-0.05, 0) is 75.1 Å². The van der Waals surface area contributed by atoms with Gasteiger partial charge in [0, 0.05) is 62.4 Å². The van der Waals surface area contributed by atoms with E-state index in [1.54, 1.807) is 17.0 Å². The second kappa shape index (κ2) is 11.7. The molecular weight excluding hydrogens is 504 g/mol. The van der Waals surface area contributed by atoms with Crippen molar-refractivity contribution in [3.05, 3.63) is 87.2 Å². The van der Waals surface area contributed by atoms with E-state index in [0.717, 1.165) is 55.0 Å². The highest BCUT2D eigenvalue weighted by molar-refractivity contribution is 6.02. The Morgan fingerprint density at radius 2 is 1.60 bits per heavy atom. The monoisotopic (exact) mass is 538 g/mol. The van der Waals surface area contributed by atoms with Gasteiger partial charge in [0.2, 0.25) is 0 Å². The predicted octanol–water partition coefficient (Wildman–Crippen LogP) is 5.25. The summed E-state index contributed by atoms with van der Waals surface area (Å²) in [5.74, 6) is -0.276. The zero-order valence-corrected chi connectivity index (χ0v) is 23.0. The van der Waals surface area contributed by atoms with Crippen LogP contribution in [0.4, 0.5) is 17.1 Å². The fraction of sp³-hybridized carbons (Fsp3) is 0.355. The van der Waals surface area contributed by atoms with E-state index in [4.69, 9.17) is 0 Å². The van der Waals surface area contributed by atoms with E-state index < -0.39 is 0 Å². The lowest BCUT2D eigenvalue weighted by atomic mass is 10.1. The maximum atomic E-state index is 13.3. The number of hydrogen-bond donors (Lipinski definition) is 0. The number of nitro groups is 1. The highest BCUT2D eigenvalue weighted by Crippen LogP contribution is 2.34. The van der Waals surface area contributed by atoms with Crippen LogP contribution in [0.25, 0.3) is 11.8 Å². The van der Waals surface area contributed by atoms with Gasteiger partial charge < -0.3 is 19.3 Å². The molecule has 1 aromatic heterocycles. The van der Waals surface area contributed by atoms with Gasteiger partial charge >= 0.3 is 0 Å². The molecule has 0 radical (unpaired) electrons. The van der Waals surface area contributed by atoms with Crippen LogP contribution in [0.2, 0.25) is 0 Å². The molecule has 2 aromatic carbocycles. The number of nitrogens with zero attached hydrogens (tertiary/aromatic N) is 6. The second-order valence-corrected chi connectivity index (χ2v) is 10.4. The molecular formula is C31H34N6O3. The summed E-state index contributed by atoms with van der Waals surface area (Å²) >= 11 is 0. The van der Waals surface area contributed by atoms with Gasteiger partial charge in [0.25, 0.3) is 11.6 Å². The van der Waals surface area contributed by atoms with Crippen LogP contribution in [0.15, 0.2) is 60.2 Å². The Kier molecular flexibility index (Phi) is 7.87. The quantitative estimate of drug-likeness (QED) is 0.184. The van der Waals surface area contributed by atoms with Gasteiger partial charge in [0.1, 0.15) is 17.3 Å². The number of hydrogen-bond acceptors (Lipinski definition) is 6. The Bertz CT molecular complexity index is 1470. The molecule has 0 spiro atoms. The first-order valence-electron chi connectivity index (χ1n) is 13.8. The van der Waals surface area contributed by atoms with Crippen molar-refractivity contribution < 1.29 is 9.72 Å². The number of aromatic nitrogens is 1. The molecule has 2 aliphatic rings. The van der Waals surface area contributed by atoms with E-state index in [1.165, 1.54) is 0 Å². The lowest BCUT2D eigenvalue weighted by Gasteiger charge is -2.36. The summed E-state index contributed by atoms with van der Waals surface area (Å²) in [5, 5.41) is 21.9. The molecule has 40 heavy (non-hydrogen) atoms. The minimum absolute atomic E-state index is 0.0832. The third kappa shape index (κ3) is 5.43. The molecule has 3 aromatic rings. The predicted molar refractivity (Wildman–Crippen MR) is 157 cm³/mol. The summed E-state index contributed by atoms with van der Waals surface area (Å²) in [6.45, 7) is 7.96. The molecule has 2 fully saturated rings. The van der Waals surface area contributed by atoms with Crippen molar-refractivity contribution in [2.45, 2.75) is 33.1 Å². The summed E-state index contributed by atoms with van der Waals surface area (Å²) in [5.41, 5.74) is 5.06. The Labute approximate surface area is 234 Å². The maximum absolute atomic E-state index is 13.3. The number of rotatable bonds is 6. The number of anilines is 2. The number of carbonyl (C=O) groups excluding carboxylic acids is 1. The van der Waals surface area contributed by atoms with Crippen molar-refractivity contribution in [3.8, 4) is 11.8 Å². The molecule has 2 aliphatic heterocycles. The molecule has 0 saturated carbocycles. The Morgan fingerprint density at radius 3 is 2.25 bits per heavy atom. The highest BCUT2D eigenvalue weighted by atomic mass is 16.6. The van der Waals surface area contributed by atoms with E-state index in [0.29, 0.717) is 37.6 Å². The van der Waals surface area contributed by atoms with Crippen molar-refractivity contribution in [1.29, 1.82) is 5.26 Å². The lowest BCUT2D eigenvalue weighted by molar-refractivity contribution is -0.384. The standard InChI is InChI=1S/C31H34N6O3/c1-23-19-25(20-26(22-32)31(38)35-17-15-33(16-18-35)27-9-5-3-6-10-27)24(2)36(23)28-11-12-29(30(21-28)37(39)40)34-13-7-4-8-14-34/h3,5-6,9-12,19-21H,4,7-8,13-18H2,1-2H3. The van der Waals surface area contributed by atoms with E-state index >= 15 is 0 Å². The zero-order valence-electron chi connectivity index (χ0n) is 23.0. The molecule has 0 bridgehead atoms. The van der Waals surface area contributed by atoms with Crippen LogP contribution in [0.5, 0.6) is 0 Å². The highest BCUT2D eigenvalue weighted by Gasteiger charge is 2.25. The van der Waals surface area contributed by atoms with Crippen molar-refractivity contribution in [3.63, 3.8) is 0 Å². The number of nitriles is 1. The van der Waals surface area contributed by atoms with Crippen LogP contribution in [-0.4, -0.2) is 59.6 Å². The molecule has 5 rings (SSSR count). The summed E-state index contributed by atoms with van der Waals surface area (Å²) in [6.07, 6.45) is 4.86. The zero-order chi connectivity index (χ0) is 28.2. The largest absolute Gasteiger partial charge is 0.368 e. The van der Waals surface area contributed by atoms with E-state index in [2.05, 4.69) is 28.0 Å². The maximum Gasteiger partial charge on any atom is 0.294 e. The van der Waals surface area contributed by atoms with Crippen molar-refractivity contribution in [2.24, 2.45) is 0 Å². The van der Waals surface area contributed by atoms with Crippen molar-refractivity contribution in [1.82, 2.24) is 9.47 Å². The Balaban J connectivity index is 1.37. The van der Waals surface area contributed by atoms with E-state index in [-0.39, 0.29) is 22.1 Å². The first kappa shape index (κ1) is 27.0. The summed E-state index contributed by atoms with van der Waals surface area (Å²) in [7, 11) is 0. The SMILES string of the molecule is Cc1cc(C=C(C#N)C(=O)N2CCN(c3ccccc3)CC2)c(C)n1-c1ccc(N2CCCCC2)c([N+](=O)[O-])c1. The van der Waals surface area contributed by atoms with Gasteiger partial charge in [-0.25, -0.2) is 0 Å². The van der Waals surface area contributed by atoms with E-state index in [9.17, 15) is 20.2 Å². The van der Waals surface area contributed by atoms with Crippen LogP contribution in [-0.2, 0) is 4.79 Å². The lowest BCUT2D eigenvalue weighted by Crippen LogP contribution is -2.49. The van der Waals surface area contributed by atoms with Crippen molar-refractivity contribution >= 4 is 29.0 Å². The Morgan fingerprint density at radius 1 is 0.900 bits per heavy atom.